The largest absolute Gasteiger partial charge is 0.381 e. The van der Waals surface area contributed by atoms with Gasteiger partial charge in [0, 0.05) is 12.1 Å². The molecule has 9 heteroatoms. The van der Waals surface area contributed by atoms with Gasteiger partial charge in [0.1, 0.15) is 12.5 Å². The maximum Gasteiger partial charge on any atom is 0.256 e. The summed E-state index contributed by atoms with van der Waals surface area (Å²) < 4.78 is 20.1. The van der Waals surface area contributed by atoms with E-state index in [0.717, 1.165) is 16.7 Å². The SMILES string of the molecule is Cc1ccccc1CN1C(=O)[C@H]2N(C(=O)[C@@H](O)[C@H](Cc3ccccc3)NC(=O)c3cccc(F)c3C)COC21C. The van der Waals surface area contributed by atoms with Gasteiger partial charge in [-0.25, -0.2) is 4.39 Å². The van der Waals surface area contributed by atoms with Crippen molar-refractivity contribution in [1.82, 2.24) is 15.1 Å². The van der Waals surface area contributed by atoms with Crippen LogP contribution in [0, 0.1) is 19.7 Å². The molecule has 0 saturated carbocycles. The smallest absolute Gasteiger partial charge is 0.256 e. The molecule has 2 saturated heterocycles. The summed E-state index contributed by atoms with van der Waals surface area (Å²) in [6, 6.07) is 19.1. The molecule has 208 valence electrons. The third kappa shape index (κ3) is 4.87. The number of hydrogen-bond donors (Lipinski definition) is 2. The minimum atomic E-state index is -1.68. The number of aliphatic hydroxyl groups is 1. The van der Waals surface area contributed by atoms with E-state index in [0.29, 0.717) is 6.54 Å². The number of carbonyl (C=O) groups is 3. The molecular formula is C31H32FN3O5. The van der Waals surface area contributed by atoms with Crippen LogP contribution in [0.1, 0.15) is 39.5 Å². The standard InChI is InChI=1S/C31H32FN3O5/c1-19-10-7-8-13-22(19)17-35-30(39)27-31(35,3)40-18-34(27)29(38)26(36)25(16-21-11-5-4-6-12-21)33-28(37)23-14-9-15-24(32)20(23)2/h4-15,25-27,36H,16-18H2,1-3H3,(H,33,37)/t25-,26-,27+,31?/m0/s1. The number of ether oxygens (including phenoxy) is 1. The number of nitrogens with zero attached hydrogens (tertiary/aromatic N) is 2. The van der Waals surface area contributed by atoms with Crippen molar-refractivity contribution in [2.45, 2.75) is 57.6 Å². The van der Waals surface area contributed by atoms with E-state index in [1.54, 1.807) is 11.8 Å². The fourth-order valence-electron chi connectivity index (χ4n) is 5.47. The second kappa shape index (κ2) is 10.8. The van der Waals surface area contributed by atoms with E-state index in [4.69, 9.17) is 4.74 Å². The molecule has 3 aromatic rings. The summed E-state index contributed by atoms with van der Waals surface area (Å²) in [5, 5.41) is 14.0. The first-order chi connectivity index (χ1) is 19.1. The highest BCUT2D eigenvalue weighted by molar-refractivity contribution is 5.98. The monoisotopic (exact) mass is 545 g/mol. The van der Waals surface area contributed by atoms with Crippen molar-refractivity contribution in [3.63, 3.8) is 0 Å². The molecule has 0 aromatic heterocycles. The van der Waals surface area contributed by atoms with Crippen molar-refractivity contribution in [2.24, 2.45) is 0 Å². The van der Waals surface area contributed by atoms with Crippen LogP contribution in [0.25, 0.3) is 0 Å². The van der Waals surface area contributed by atoms with Gasteiger partial charge in [0.15, 0.2) is 17.9 Å². The van der Waals surface area contributed by atoms with Crippen LogP contribution in [-0.4, -0.2) is 63.3 Å². The van der Waals surface area contributed by atoms with Gasteiger partial charge in [-0.3, -0.25) is 19.3 Å². The van der Waals surface area contributed by atoms with E-state index in [-0.39, 0.29) is 30.2 Å². The molecule has 2 aliphatic rings. The van der Waals surface area contributed by atoms with Gasteiger partial charge >= 0.3 is 0 Å². The van der Waals surface area contributed by atoms with Gasteiger partial charge in [0.05, 0.1) is 6.04 Å². The van der Waals surface area contributed by atoms with Gasteiger partial charge in [-0.1, -0.05) is 60.7 Å². The van der Waals surface area contributed by atoms with E-state index < -0.39 is 41.5 Å². The second-order valence-corrected chi connectivity index (χ2v) is 10.5. The number of aryl methyl sites for hydroxylation is 1. The Morgan fingerprint density at radius 2 is 1.77 bits per heavy atom. The molecule has 2 heterocycles. The Bertz CT molecular complexity index is 1450. The van der Waals surface area contributed by atoms with E-state index in [9.17, 15) is 23.9 Å². The van der Waals surface area contributed by atoms with Crippen LogP contribution in [-0.2, 0) is 27.3 Å². The fraction of sp³-hybridized carbons (Fsp3) is 0.323. The number of carbonyl (C=O) groups excluding carboxylic acids is 3. The molecule has 2 N–H and O–H groups in total. The lowest BCUT2D eigenvalue weighted by atomic mass is 9.89. The third-order valence-electron chi connectivity index (χ3n) is 7.98. The molecule has 2 fully saturated rings. The van der Waals surface area contributed by atoms with Crippen molar-refractivity contribution in [3.8, 4) is 0 Å². The van der Waals surface area contributed by atoms with E-state index in [1.807, 2.05) is 61.5 Å². The maximum atomic E-state index is 14.1. The number of likely N-dealkylation sites (tertiary alicyclic amines) is 1. The number of β-lactam (4-membered cyclic amide) rings is 1. The molecule has 0 radical (unpaired) electrons. The number of halogens is 1. The van der Waals surface area contributed by atoms with Crippen LogP contribution in [0.5, 0.6) is 0 Å². The lowest BCUT2D eigenvalue weighted by Gasteiger charge is -2.51. The van der Waals surface area contributed by atoms with Crippen molar-refractivity contribution in [1.29, 1.82) is 0 Å². The number of nitrogens with one attached hydrogen (secondary N) is 1. The molecule has 0 aliphatic carbocycles. The molecule has 4 atom stereocenters. The maximum absolute atomic E-state index is 14.1. The van der Waals surface area contributed by atoms with Crippen LogP contribution >= 0.6 is 0 Å². The predicted molar refractivity (Wildman–Crippen MR) is 145 cm³/mol. The Morgan fingerprint density at radius 1 is 1.07 bits per heavy atom. The summed E-state index contributed by atoms with van der Waals surface area (Å²) in [5.41, 5.74) is 2.03. The zero-order valence-electron chi connectivity index (χ0n) is 22.6. The van der Waals surface area contributed by atoms with Gasteiger partial charge in [0.25, 0.3) is 17.7 Å². The van der Waals surface area contributed by atoms with Crippen LogP contribution < -0.4 is 5.32 Å². The Balaban J connectivity index is 1.35. The number of aliphatic hydroxyl groups excluding tert-OH is 1. The second-order valence-electron chi connectivity index (χ2n) is 10.5. The topological polar surface area (TPSA) is 99.2 Å². The average molecular weight is 546 g/mol. The Hall–Kier alpha value is -4.08. The fourth-order valence-corrected chi connectivity index (χ4v) is 5.47. The normalized spacial score (nSPS) is 21.4. The minimum absolute atomic E-state index is 0.107. The van der Waals surface area contributed by atoms with E-state index >= 15 is 0 Å². The zero-order chi connectivity index (χ0) is 28.6. The van der Waals surface area contributed by atoms with E-state index in [1.165, 1.54) is 30.0 Å². The minimum Gasteiger partial charge on any atom is -0.381 e. The number of amides is 3. The number of hydrogen-bond acceptors (Lipinski definition) is 5. The zero-order valence-corrected chi connectivity index (χ0v) is 22.6. The third-order valence-corrected chi connectivity index (χ3v) is 7.98. The highest BCUT2D eigenvalue weighted by Crippen LogP contribution is 2.43. The number of fused-ring (bicyclic) bond motifs is 1. The molecule has 2 aliphatic heterocycles. The van der Waals surface area contributed by atoms with Gasteiger partial charge in [-0.15, -0.1) is 0 Å². The lowest BCUT2D eigenvalue weighted by Crippen LogP contribution is -2.74. The molecule has 1 unspecified atom stereocenters. The molecule has 0 spiro atoms. The van der Waals surface area contributed by atoms with Crippen molar-refractivity contribution < 1.29 is 28.6 Å². The molecule has 8 nitrogen and oxygen atoms in total. The first-order valence-corrected chi connectivity index (χ1v) is 13.2. The molecule has 3 aromatic carbocycles. The lowest BCUT2D eigenvalue weighted by molar-refractivity contribution is -0.202. The Morgan fingerprint density at radius 3 is 2.50 bits per heavy atom. The van der Waals surface area contributed by atoms with Crippen LogP contribution in [0.2, 0.25) is 0 Å². The molecule has 40 heavy (non-hydrogen) atoms. The first kappa shape index (κ1) is 27.5. The average Bonchev–Trinajstić information content (AvgIpc) is 3.26. The summed E-state index contributed by atoms with van der Waals surface area (Å²) in [6.07, 6.45) is -1.54. The summed E-state index contributed by atoms with van der Waals surface area (Å²) in [5.74, 6) is -2.15. The van der Waals surface area contributed by atoms with E-state index in [2.05, 4.69) is 5.32 Å². The summed E-state index contributed by atoms with van der Waals surface area (Å²) in [6.45, 7) is 5.37. The Labute approximate surface area is 232 Å². The molecule has 0 bridgehead atoms. The number of rotatable bonds is 8. The van der Waals surface area contributed by atoms with Gasteiger partial charge in [0.2, 0.25) is 0 Å². The van der Waals surface area contributed by atoms with Crippen LogP contribution in [0.4, 0.5) is 4.39 Å². The summed E-state index contributed by atoms with van der Waals surface area (Å²) >= 11 is 0. The van der Waals surface area contributed by atoms with Crippen molar-refractivity contribution in [3.05, 3.63) is 106 Å². The van der Waals surface area contributed by atoms with Crippen molar-refractivity contribution >= 4 is 17.7 Å². The van der Waals surface area contributed by atoms with Gasteiger partial charge in [-0.05, 0) is 61.6 Å². The van der Waals surface area contributed by atoms with Crippen LogP contribution in [0.3, 0.4) is 0 Å². The highest BCUT2D eigenvalue weighted by atomic mass is 19.1. The molecule has 5 rings (SSSR count). The first-order valence-electron chi connectivity index (χ1n) is 13.2. The molecule has 3 amide bonds. The highest BCUT2D eigenvalue weighted by Gasteiger charge is 2.66. The summed E-state index contributed by atoms with van der Waals surface area (Å²) in [7, 11) is 0. The predicted octanol–water partition coefficient (Wildman–Crippen LogP) is 3.09. The Kier molecular flexibility index (Phi) is 7.44. The molecular weight excluding hydrogens is 513 g/mol. The van der Waals surface area contributed by atoms with Gasteiger partial charge in [-0.2, -0.15) is 0 Å². The van der Waals surface area contributed by atoms with Crippen molar-refractivity contribution in [2.75, 3.05) is 6.73 Å². The number of benzene rings is 3. The summed E-state index contributed by atoms with van der Waals surface area (Å²) in [4.78, 5) is 42.9. The quantitative estimate of drug-likeness (QED) is 0.424. The van der Waals surface area contributed by atoms with Gasteiger partial charge < -0.3 is 20.1 Å². The van der Waals surface area contributed by atoms with Crippen LogP contribution in [0.15, 0.2) is 72.8 Å².